The first-order valence-corrected chi connectivity index (χ1v) is 13.1. The molecule has 188 valence electrons. The summed E-state index contributed by atoms with van der Waals surface area (Å²) < 4.78 is 33.2. The fourth-order valence-corrected chi connectivity index (χ4v) is 5.72. The van der Waals surface area contributed by atoms with Crippen molar-refractivity contribution in [2.45, 2.75) is 23.5 Å². The van der Waals surface area contributed by atoms with Crippen molar-refractivity contribution in [3.05, 3.63) is 76.8 Å². The van der Waals surface area contributed by atoms with E-state index in [1.807, 2.05) is 12.1 Å². The standard InChI is InChI=1S/C24H22BrN3O7S/c25-18-8-5-16(6-9-18)23(31)27-26-22(30)14-35-24(32)21-12-19(29)13-28(21)36(33,34)20-10-7-15-3-1-2-4-17(15)11-20/h1-11,19,21,29H,12-14H2,(H,26,30)(H,27,31)/t19-,21+/m1/s1. The predicted octanol–water partition coefficient (Wildman–Crippen LogP) is 1.73. The zero-order chi connectivity index (χ0) is 25.9. The van der Waals surface area contributed by atoms with Gasteiger partial charge in [0.25, 0.3) is 11.8 Å². The molecule has 0 radical (unpaired) electrons. The molecule has 1 fully saturated rings. The van der Waals surface area contributed by atoms with Crippen LogP contribution in [0.4, 0.5) is 0 Å². The molecule has 2 amide bonds. The number of amides is 2. The molecule has 10 nitrogen and oxygen atoms in total. The van der Waals surface area contributed by atoms with E-state index in [0.29, 0.717) is 10.9 Å². The largest absolute Gasteiger partial charge is 0.454 e. The van der Waals surface area contributed by atoms with Crippen molar-refractivity contribution in [2.24, 2.45) is 0 Å². The molecule has 1 heterocycles. The van der Waals surface area contributed by atoms with Gasteiger partial charge in [-0.2, -0.15) is 4.31 Å². The van der Waals surface area contributed by atoms with E-state index in [0.717, 1.165) is 14.2 Å². The number of esters is 1. The predicted molar refractivity (Wildman–Crippen MR) is 133 cm³/mol. The molecule has 36 heavy (non-hydrogen) atoms. The van der Waals surface area contributed by atoms with Gasteiger partial charge in [-0.15, -0.1) is 0 Å². The average molecular weight is 576 g/mol. The summed E-state index contributed by atoms with van der Waals surface area (Å²) in [4.78, 5) is 36.8. The van der Waals surface area contributed by atoms with Crippen molar-refractivity contribution < 1.29 is 32.6 Å². The molecule has 2 atom stereocenters. The number of aliphatic hydroxyl groups excluding tert-OH is 1. The first-order chi connectivity index (χ1) is 17.1. The second-order valence-corrected chi connectivity index (χ2v) is 10.9. The highest BCUT2D eigenvalue weighted by atomic mass is 79.9. The average Bonchev–Trinajstić information content (AvgIpc) is 3.28. The van der Waals surface area contributed by atoms with Gasteiger partial charge in [-0.25, -0.2) is 8.42 Å². The maximum Gasteiger partial charge on any atom is 0.325 e. The maximum atomic E-state index is 13.3. The zero-order valence-corrected chi connectivity index (χ0v) is 21.2. The molecule has 3 N–H and O–H groups in total. The summed E-state index contributed by atoms with van der Waals surface area (Å²) in [6.45, 7) is -1.04. The summed E-state index contributed by atoms with van der Waals surface area (Å²) in [5.74, 6) is -2.38. The molecule has 12 heteroatoms. The summed E-state index contributed by atoms with van der Waals surface area (Å²) in [6.07, 6.45) is -1.25. The lowest BCUT2D eigenvalue weighted by Crippen LogP contribution is -2.45. The Bertz CT molecular complexity index is 1410. The van der Waals surface area contributed by atoms with Gasteiger partial charge in [-0.3, -0.25) is 25.2 Å². The van der Waals surface area contributed by atoms with Gasteiger partial charge in [0.05, 0.1) is 11.0 Å². The SMILES string of the molecule is O=C(COC(=O)[C@@H]1C[C@@H](O)CN1S(=O)(=O)c1ccc2ccccc2c1)NNC(=O)c1ccc(Br)cc1. The molecule has 0 saturated carbocycles. The summed E-state index contributed by atoms with van der Waals surface area (Å²) in [5, 5.41) is 11.7. The van der Waals surface area contributed by atoms with Crippen molar-refractivity contribution >= 4 is 54.5 Å². The minimum Gasteiger partial charge on any atom is -0.454 e. The Morgan fingerprint density at radius 3 is 2.42 bits per heavy atom. The molecule has 3 aromatic carbocycles. The molecule has 0 spiro atoms. The van der Waals surface area contributed by atoms with Crippen LogP contribution >= 0.6 is 15.9 Å². The lowest BCUT2D eigenvalue weighted by Gasteiger charge is -2.22. The number of benzene rings is 3. The lowest BCUT2D eigenvalue weighted by atomic mass is 10.1. The van der Waals surface area contributed by atoms with Crippen LogP contribution in [0.2, 0.25) is 0 Å². The number of hydrogen-bond donors (Lipinski definition) is 3. The van der Waals surface area contributed by atoms with Gasteiger partial charge < -0.3 is 9.84 Å². The number of nitrogens with one attached hydrogen (secondary N) is 2. The fourth-order valence-electron chi connectivity index (χ4n) is 3.80. The highest BCUT2D eigenvalue weighted by Crippen LogP contribution is 2.29. The molecule has 0 aliphatic carbocycles. The number of carbonyl (C=O) groups excluding carboxylic acids is 3. The molecule has 4 rings (SSSR count). The second kappa shape index (κ2) is 10.7. The third-order valence-corrected chi connectivity index (χ3v) is 8.00. The van der Waals surface area contributed by atoms with Crippen molar-refractivity contribution in [3.8, 4) is 0 Å². The van der Waals surface area contributed by atoms with E-state index in [4.69, 9.17) is 4.74 Å². The number of carbonyl (C=O) groups is 3. The van der Waals surface area contributed by atoms with Gasteiger partial charge in [-0.1, -0.05) is 46.3 Å². The second-order valence-electron chi connectivity index (χ2n) is 8.11. The topological polar surface area (TPSA) is 142 Å². The molecule has 0 aromatic heterocycles. The van der Waals surface area contributed by atoms with Crippen LogP contribution in [0, 0.1) is 0 Å². The molecular weight excluding hydrogens is 554 g/mol. The summed E-state index contributed by atoms with van der Waals surface area (Å²) in [5.41, 5.74) is 4.62. The van der Waals surface area contributed by atoms with E-state index in [-0.39, 0.29) is 17.9 Å². The van der Waals surface area contributed by atoms with Gasteiger partial charge in [0.2, 0.25) is 10.0 Å². The number of β-amino-alcohol motifs (C(OH)–C–C–N with tert-alkyl or cyclic N) is 1. The van der Waals surface area contributed by atoms with E-state index in [1.54, 1.807) is 42.5 Å². The molecule has 1 saturated heterocycles. The van der Waals surface area contributed by atoms with Crippen LogP contribution in [0.1, 0.15) is 16.8 Å². The molecule has 1 aliphatic rings. The summed E-state index contributed by atoms with van der Waals surface area (Å²) in [7, 11) is -4.14. The number of hydrazine groups is 1. The Balaban J connectivity index is 1.38. The van der Waals surface area contributed by atoms with Gasteiger partial charge in [-0.05, 0) is 47.2 Å². The van der Waals surface area contributed by atoms with Crippen LogP contribution in [0.5, 0.6) is 0 Å². The van der Waals surface area contributed by atoms with Crippen molar-refractivity contribution in [1.82, 2.24) is 15.2 Å². The van der Waals surface area contributed by atoms with Crippen LogP contribution in [0.25, 0.3) is 10.8 Å². The van der Waals surface area contributed by atoms with Gasteiger partial charge in [0, 0.05) is 23.0 Å². The highest BCUT2D eigenvalue weighted by Gasteiger charge is 2.44. The molecule has 1 aliphatic heterocycles. The summed E-state index contributed by atoms with van der Waals surface area (Å²) in [6, 6.07) is 16.9. The molecule has 0 bridgehead atoms. The Hall–Kier alpha value is -3.32. The number of ether oxygens (including phenoxy) is 1. The number of hydrogen-bond acceptors (Lipinski definition) is 7. The van der Waals surface area contributed by atoms with Crippen molar-refractivity contribution in [2.75, 3.05) is 13.2 Å². The van der Waals surface area contributed by atoms with E-state index >= 15 is 0 Å². The zero-order valence-electron chi connectivity index (χ0n) is 18.8. The van der Waals surface area contributed by atoms with Gasteiger partial charge in [0.1, 0.15) is 6.04 Å². The normalized spacial score (nSPS) is 18.1. The number of fused-ring (bicyclic) bond motifs is 1. The number of rotatable bonds is 6. The van der Waals surface area contributed by atoms with E-state index in [2.05, 4.69) is 26.8 Å². The fraction of sp³-hybridized carbons (Fsp3) is 0.208. The number of halogens is 1. The Morgan fingerprint density at radius 2 is 1.69 bits per heavy atom. The number of nitrogens with zero attached hydrogens (tertiary/aromatic N) is 1. The minimum atomic E-state index is -4.14. The van der Waals surface area contributed by atoms with Gasteiger partial charge >= 0.3 is 5.97 Å². The Labute approximate surface area is 215 Å². The Morgan fingerprint density at radius 1 is 1.00 bits per heavy atom. The quantitative estimate of drug-likeness (QED) is 0.300. The molecule has 3 aromatic rings. The van der Waals surface area contributed by atoms with Crippen LogP contribution in [0.3, 0.4) is 0 Å². The van der Waals surface area contributed by atoms with Gasteiger partial charge in [0.15, 0.2) is 6.61 Å². The first kappa shape index (κ1) is 25.8. The van der Waals surface area contributed by atoms with Crippen molar-refractivity contribution in [1.29, 1.82) is 0 Å². The van der Waals surface area contributed by atoms with E-state index in [9.17, 15) is 27.9 Å². The maximum absolute atomic E-state index is 13.3. The van der Waals surface area contributed by atoms with Crippen LogP contribution in [-0.4, -0.2) is 60.9 Å². The molecular formula is C24H22BrN3O7S. The highest BCUT2D eigenvalue weighted by molar-refractivity contribution is 9.10. The first-order valence-electron chi connectivity index (χ1n) is 10.9. The third-order valence-electron chi connectivity index (χ3n) is 5.60. The summed E-state index contributed by atoms with van der Waals surface area (Å²) >= 11 is 3.25. The lowest BCUT2D eigenvalue weighted by molar-refractivity contribution is -0.151. The van der Waals surface area contributed by atoms with Crippen LogP contribution in [0.15, 0.2) is 76.1 Å². The van der Waals surface area contributed by atoms with E-state index in [1.165, 1.54) is 12.1 Å². The monoisotopic (exact) mass is 575 g/mol. The third kappa shape index (κ3) is 5.73. The number of sulfonamides is 1. The number of aliphatic hydroxyl groups is 1. The smallest absolute Gasteiger partial charge is 0.325 e. The van der Waals surface area contributed by atoms with E-state index < -0.39 is 46.6 Å². The minimum absolute atomic E-state index is 0.0264. The van der Waals surface area contributed by atoms with Crippen LogP contribution in [-0.2, 0) is 24.3 Å². The van der Waals surface area contributed by atoms with Crippen molar-refractivity contribution in [3.63, 3.8) is 0 Å². The van der Waals surface area contributed by atoms with Crippen LogP contribution < -0.4 is 10.9 Å². The molecule has 0 unspecified atom stereocenters. The Kier molecular flexibility index (Phi) is 7.69.